The molecule has 0 radical (unpaired) electrons. The molecule has 2 aliphatic heterocycles. The number of imide groups is 1. The van der Waals surface area contributed by atoms with Crippen molar-refractivity contribution in [2.24, 2.45) is 5.41 Å². The van der Waals surface area contributed by atoms with Crippen LogP contribution in [0, 0.1) is 5.41 Å². The van der Waals surface area contributed by atoms with Crippen molar-refractivity contribution >= 4 is 45.8 Å². The standard InChI is InChI=1S/C36H50N8O4/c1-22(37-5)33(45)42-31(36(2,3)4)35(47)44(34(46)27-9-8-16-38-27)29-19-26-28(20-30(29)48-7)39-21-40-32(26)41-25-12-10-23(11-13-25)24-14-17-43(6)18-15-24/h10-13,19-22,24,27,31,37-38H,8-9,14-18H2,1-7H3,(H,42,45)(H,39,40,41)/t22-,27-,31+/m0/s1. The van der Waals surface area contributed by atoms with Crippen molar-refractivity contribution in [3.05, 3.63) is 48.3 Å². The van der Waals surface area contributed by atoms with Crippen molar-refractivity contribution in [1.29, 1.82) is 0 Å². The van der Waals surface area contributed by atoms with E-state index < -0.39 is 35.4 Å². The first-order valence-electron chi connectivity index (χ1n) is 16.9. The second-order valence-corrected chi connectivity index (χ2v) is 14.1. The highest BCUT2D eigenvalue weighted by molar-refractivity contribution is 6.20. The molecule has 5 rings (SSSR count). The van der Waals surface area contributed by atoms with E-state index in [0.717, 1.165) is 38.0 Å². The zero-order valence-corrected chi connectivity index (χ0v) is 29.2. The fourth-order valence-corrected chi connectivity index (χ4v) is 6.40. The molecular weight excluding hydrogens is 608 g/mol. The van der Waals surface area contributed by atoms with Crippen LogP contribution >= 0.6 is 0 Å². The molecule has 3 amide bonds. The third-order valence-electron chi connectivity index (χ3n) is 9.57. The molecule has 0 saturated carbocycles. The Labute approximate surface area is 283 Å². The van der Waals surface area contributed by atoms with Crippen LogP contribution in [0.3, 0.4) is 0 Å². The smallest absolute Gasteiger partial charge is 0.257 e. The lowest BCUT2D eigenvalue weighted by molar-refractivity contribution is -0.134. The Bertz CT molecular complexity index is 1610. The van der Waals surface area contributed by atoms with Crippen LogP contribution < -0.4 is 30.9 Å². The second-order valence-electron chi connectivity index (χ2n) is 14.1. The number of anilines is 3. The molecule has 48 heavy (non-hydrogen) atoms. The number of likely N-dealkylation sites (tertiary alicyclic amines) is 1. The summed E-state index contributed by atoms with van der Waals surface area (Å²) in [4.78, 5) is 54.5. The topological polar surface area (TPSA) is 141 Å². The van der Waals surface area contributed by atoms with E-state index in [9.17, 15) is 14.4 Å². The molecule has 2 saturated heterocycles. The Morgan fingerprint density at radius 3 is 2.38 bits per heavy atom. The Morgan fingerprint density at radius 1 is 1.06 bits per heavy atom. The van der Waals surface area contributed by atoms with Gasteiger partial charge in [-0.15, -0.1) is 0 Å². The van der Waals surface area contributed by atoms with Gasteiger partial charge in [-0.05, 0) is 101 Å². The van der Waals surface area contributed by atoms with Gasteiger partial charge in [0.25, 0.3) is 11.8 Å². The van der Waals surface area contributed by atoms with Crippen LogP contribution in [-0.4, -0.2) is 91.6 Å². The number of methoxy groups -OCH3 is 1. The number of likely N-dealkylation sites (N-methyl/N-ethyl adjacent to an activating group) is 1. The van der Waals surface area contributed by atoms with E-state index in [2.05, 4.69) is 67.4 Å². The number of benzene rings is 2. The van der Waals surface area contributed by atoms with Crippen molar-refractivity contribution in [3.8, 4) is 5.75 Å². The van der Waals surface area contributed by atoms with E-state index in [1.165, 1.54) is 23.9 Å². The first-order valence-corrected chi connectivity index (χ1v) is 16.9. The van der Waals surface area contributed by atoms with Gasteiger partial charge in [0.05, 0.1) is 30.4 Å². The lowest BCUT2D eigenvalue weighted by Crippen LogP contribution is -2.60. The Hall–Kier alpha value is -4.13. The molecule has 3 atom stereocenters. The van der Waals surface area contributed by atoms with Crippen LogP contribution in [-0.2, 0) is 14.4 Å². The van der Waals surface area contributed by atoms with Crippen molar-refractivity contribution in [2.75, 3.05) is 51.1 Å². The molecule has 12 heteroatoms. The summed E-state index contributed by atoms with van der Waals surface area (Å²) in [5, 5.41) is 13.1. The van der Waals surface area contributed by atoms with E-state index in [1.54, 1.807) is 26.1 Å². The largest absolute Gasteiger partial charge is 0.494 e. The SMILES string of the molecule is CN[C@@H](C)C(=O)N[C@H](C(=O)N(C(=O)[C@@H]1CCCN1)c1cc2c(Nc3ccc(C4CCN(C)CC4)cc3)ncnc2cc1OC)C(C)(C)C. The maximum absolute atomic E-state index is 14.6. The summed E-state index contributed by atoms with van der Waals surface area (Å²) in [6.45, 7) is 10.2. The van der Waals surface area contributed by atoms with Gasteiger partial charge in [0.15, 0.2) is 0 Å². The molecule has 0 unspecified atom stereocenters. The summed E-state index contributed by atoms with van der Waals surface area (Å²) in [6.07, 6.45) is 5.16. The minimum atomic E-state index is -1.01. The summed E-state index contributed by atoms with van der Waals surface area (Å²) < 4.78 is 5.79. The molecule has 0 spiro atoms. The Morgan fingerprint density at radius 2 is 1.77 bits per heavy atom. The number of rotatable bonds is 10. The molecule has 3 heterocycles. The van der Waals surface area contributed by atoms with Gasteiger partial charge in [0.1, 0.15) is 23.9 Å². The maximum atomic E-state index is 14.6. The molecule has 0 bridgehead atoms. The number of carbonyl (C=O) groups is 3. The van der Waals surface area contributed by atoms with Gasteiger partial charge >= 0.3 is 0 Å². The zero-order valence-electron chi connectivity index (χ0n) is 29.2. The molecule has 4 N–H and O–H groups in total. The summed E-state index contributed by atoms with van der Waals surface area (Å²) in [7, 11) is 5.34. The van der Waals surface area contributed by atoms with Gasteiger partial charge < -0.3 is 30.9 Å². The van der Waals surface area contributed by atoms with Gasteiger partial charge in [0.2, 0.25) is 5.91 Å². The molecule has 12 nitrogen and oxygen atoms in total. The van der Waals surface area contributed by atoms with Crippen molar-refractivity contribution < 1.29 is 19.1 Å². The first-order chi connectivity index (χ1) is 22.9. The highest BCUT2D eigenvalue weighted by Gasteiger charge is 2.42. The summed E-state index contributed by atoms with van der Waals surface area (Å²) in [6, 6.07) is 9.77. The number of aromatic nitrogens is 2. The summed E-state index contributed by atoms with van der Waals surface area (Å²) in [5.74, 6) is 0.0748. The number of nitrogens with zero attached hydrogens (tertiary/aromatic N) is 4. The number of carbonyl (C=O) groups excluding carboxylic acids is 3. The molecule has 2 aliphatic rings. The Balaban J connectivity index is 1.54. The van der Waals surface area contributed by atoms with Gasteiger partial charge in [-0.3, -0.25) is 14.4 Å². The van der Waals surface area contributed by atoms with Crippen LogP contribution in [0.15, 0.2) is 42.7 Å². The second kappa shape index (κ2) is 15.0. The van der Waals surface area contributed by atoms with Crippen LogP contribution in [0.4, 0.5) is 17.2 Å². The number of amides is 3. The predicted octanol–water partition coefficient (Wildman–Crippen LogP) is 3.94. The number of hydrogen-bond donors (Lipinski definition) is 4. The highest BCUT2D eigenvalue weighted by Crippen LogP contribution is 2.38. The van der Waals surface area contributed by atoms with Gasteiger partial charge in [-0.2, -0.15) is 0 Å². The van der Waals surface area contributed by atoms with Gasteiger partial charge in [0, 0.05) is 17.1 Å². The molecule has 3 aromatic rings. The molecular formula is C36H50N8O4. The van der Waals surface area contributed by atoms with E-state index in [-0.39, 0.29) is 11.6 Å². The van der Waals surface area contributed by atoms with Crippen molar-refractivity contribution in [3.63, 3.8) is 0 Å². The van der Waals surface area contributed by atoms with E-state index in [4.69, 9.17) is 4.74 Å². The van der Waals surface area contributed by atoms with Gasteiger partial charge in [-0.25, -0.2) is 14.9 Å². The quantitative estimate of drug-likeness (QED) is 0.253. The Kier molecular flexibility index (Phi) is 11.0. The van der Waals surface area contributed by atoms with E-state index >= 15 is 0 Å². The predicted molar refractivity (Wildman–Crippen MR) is 189 cm³/mol. The number of piperidine rings is 1. The first kappa shape index (κ1) is 35.2. The van der Waals surface area contributed by atoms with E-state index in [1.807, 2.05) is 20.8 Å². The van der Waals surface area contributed by atoms with Crippen LogP contribution in [0.5, 0.6) is 5.75 Å². The van der Waals surface area contributed by atoms with Crippen molar-refractivity contribution in [2.45, 2.75) is 77.4 Å². The summed E-state index contributed by atoms with van der Waals surface area (Å²) in [5.41, 5.74) is 2.30. The van der Waals surface area contributed by atoms with Crippen LogP contribution in [0.25, 0.3) is 10.9 Å². The molecule has 2 aromatic carbocycles. The monoisotopic (exact) mass is 658 g/mol. The number of nitrogens with one attached hydrogen (secondary N) is 4. The minimum Gasteiger partial charge on any atom is -0.494 e. The number of fused-ring (bicyclic) bond motifs is 1. The average molecular weight is 659 g/mol. The maximum Gasteiger partial charge on any atom is 0.257 e. The highest BCUT2D eigenvalue weighted by atomic mass is 16.5. The third-order valence-corrected chi connectivity index (χ3v) is 9.57. The third kappa shape index (κ3) is 7.77. The lowest BCUT2D eigenvalue weighted by Gasteiger charge is -2.36. The fraction of sp³-hybridized carbons (Fsp3) is 0.528. The van der Waals surface area contributed by atoms with Gasteiger partial charge in [-0.1, -0.05) is 32.9 Å². The summed E-state index contributed by atoms with van der Waals surface area (Å²) >= 11 is 0. The van der Waals surface area contributed by atoms with Crippen molar-refractivity contribution in [1.82, 2.24) is 30.8 Å². The average Bonchev–Trinajstić information content (AvgIpc) is 3.62. The molecule has 1 aromatic heterocycles. The normalized spacial score (nSPS) is 18.7. The number of ether oxygens (including phenoxy) is 1. The van der Waals surface area contributed by atoms with E-state index in [0.29, 0.717) is 41.4 Å². The van der Waals surface area contributed by atoms with Crippen LogP contribution in [0.2, 0.25) is 0 Å². The zero-order chi connectivity index (χ0) is 34.6. The lowest BCUT2D eigenvalue weighted by atomic mass is 9.85. The molecule has 0 aliphatic carbocycles. The fourth-order valence-electron chi connectivity index (χ4n) is 6.40. The number of hydrogen-bond acceptors (Lipinski definition) is 10. The minimum absolute atomic E-state index is 0.259. The van der Waals surface area contributed by atoms with Crippen LogP contribution in [0.1, 0.15) is 64.9 Å². The molecule has 2 fully saturated rings. The molecule has 258 valence electrons.